The van der Waals surface area contributed by atoms with E-state index in [4.69, 9.17) is 13.9 Å². The van der Waals surface area contributed by atoms with Crippen LogP contribution in [0.3, 0.4) is 0 Å². The molecule has 0 bridgehead atoms. The zero-order valence-electron chi connectivity index (χ0n) is 20.2. The van der Waals surface area contributed by atoms with E-state index in [-0.39, 0.29) is 0 Å². The number of nitrogens with zero attached hydrogens (tertiary/aromatic N) is 2. The molecule has 1 heterocycles. The van der Waals surface area contributed by atoms with Crippen LogP contribution >= 0.6 is 0 Å². The van der Waals surface area contributed by atoms with Crippen LogP contribution in [0.1, 0.15) is 78.1 Å². The molecule has 0 fully saturated rings. The highest BCUT2D eigenvalue weighted by Crippen LogP contribution is 2.27. The zero-order chi connectivity index (χ0) is 23.1. The maximum atomic E-state index is 5.90. The maximum Gasteiger partial charge on any atom is 0.248 e. The van der Waals surface area contributed by atoms with E-state index in [1.54, 1.807) is 0 Å². The fraction of sp³-hybridized carbons (Fsp3) is 0.500. The summed E-state index contributed by atoms with van der Waals surface area (Å²) in [6, 6.07) is 15.7. The second-order valence-corrected chi connectivity index (χ2v) is 8.49. The van der Waals surface area contributed by atoms with Gasteiger partial charge in [-0.05, 0) is 61.4 Å². The summed E-state index contributed by atoms with van der Waals surface area (Å²) in [6.07, 6.45) is 12.4. The minimum absolute atomic E-state index is 0.503. The lowest BCUT2D eigenvalue weighted by Crippen LogP contribution is -1.97. The first kappa shape index (κ1) is 24.8. The van der Waals surface area contributed by atoms with Crippen molar-refractivity contribution in [1.29, 1.82) is 0 Å². The molecule has 178 valence electrons. The van der Waals surface area contributed by atoms with Gasteiger partial charge in [-0.2, -0.15) is 0 Å². The van der Waals surface area contributed by atoms with Crippen molar-refractivity contribution < 1.29 is 13.9 Å². The van der Waals surface area contributed by atoms with Crippen molar-refractivity contribution in [2.24, 2.45) is 0 Å². The summed E-state index contributed by atoms with van der Waals surface area (Å²) in [6.45, 7) is 5.97. The molecular formula is C28H38N2O3. The van der Waals surface area contributed by atoms with E-state index in [9.17, 15) is 0 Å². The van der Waals surface area contributed by atoms with Gasteiger partial charge >= 0.3 is 0 Å². The Bertz CT molecular complexity index is 904. The van der Waals surface area contributed by atoms with Crippen molar-refractivity contribution in [3.63, 3.8) is 0 Å². The van der Waals surface area contributed by atoms with Crippen LogP contribution in [-0.2, 0) is 0 Å². The number of benzene rings is 2. The summed E-state index contributed by atoms with van der Waals surface area (Å²) in [4.78, 5) is 0. The van der Waals surface area contributed by atoms with E-state index in [0.717, 1.165) is 48.7 Å². The summed E-state index contributed by atoms with van der Waals surface area (Å²) in [5.41, 5.74) is 1.76. The molecule has 0 aliphatic heterocycles. The van der Waals surface area contributed by atoms with E-state index in [1.807, 2.05) is 48.5 Å². The molecule has 0 unspecified atom stereocenters. The normalized spacial score (nSPS) is 11.0. The highest BCUT2D eigenvalue weighted by Gasteiger charge is 2.11. The Morgan fingerprint density at radius 1 is 0.545 bits per heavy atom. The molecule has 0 saturated carbocycles. The van der Waals surface area contributed by atoms with Gasteiger partial charge in [0, 0.05) is 11.1 Å². The van der Waals surface area contributed by atoms with Crippen LogP contribution in [0.25, 0.3) is 22.9 Å². The largest absolute Gasteiger partial charge is 0.494 e. The molecule has 2 aromatic carbocycles. The molecule has 3 rings (SSSR count). The smallest absolute Gasteiger partial charge is 0.248 e. The van der Waals surface area contributed by atoms with Crippen molar-refractivity contribution in [3.05, 3.63) is 48.5 Å². The van der Waals surface area contributed by atoms with Gasteiger partial charge in [0.1, 0.15) is 11.5 Å². The molecule has 0 amide bonds. The van der Waals surface area contributed by atoms with Gasteiger partial charge in [-0.3, -0.25) is 0 Å². The van der Waals surface area contributed by atoms with Crippen LogP contribution in [0.4, 0.5) is 0 Å². The third kappa shape index (κ3) is 8.56. The summed E-state index contributed by atoms with van der Waals surface area (Å²) in [5, 5.41) is 8.43. The molecule has 0 atom stereocenters. The molecule has 5 nitrogen and oxygen atoms in total. The predicted octanol–water partition coefficient (Wildman–Crippen LogP) is 8.10. The van der Waals surface area contributed by atoms with Crippen LogP contribution in [0.5, 0.6) is 11.5 Å². The molecule has 0 radical (unpaired) electrons. The van der Waals surface area contributed by atoms with Crippen LogP contribution in [0.15, 0.2) is 52.9 Å². The van der Waals surface area contributed by atoms with E-state index >= 15 is 0 Å². The molecule has 0 saturated heterocycles. The van der Waals surface area contributed by atoms with Crippen molar-refractivity contribution >= 4 is 0 Å². The number of ether oxygens (including phenoxy) is 2. The number of hydrogen-bond acceptors (Lipinski definition) is 5. The second kappa shape index (κ2) is 14.4. The minimum atomic E-state index is 0.503. The van der Waals surface area contributed by atoms with Gasteiger partial charge in [-0.15, -0.1) is 10.2 Å². The van der Waals surface area contributed by atoms with Crippen molar-refractivity contribution in [2.45, 2.75) is 78.1 Å². The fourth-order valence-electron chi connectivity index (χ4n) is 3.64. The number of unbranched alkanes of at least 4 members (excludes halogenated alkanes) is 8. The summed E-state index contributed by atoms with van der Waals surface area (Å²) >= 11 is 0. The first-order chi connectivity index (χ1) is 16.3. The third-order valence-electron chi connectivity index (χ3n) is 5.66. The predicted molar refractivity (Wildman–Crippen MR) is 134 cm³/mol. The molecule has 0 N–H and O–H groups in total. The Balaban J connectivity index is 1.45. The van der Waals surface area contributed by atoms with Crippen molar-refractivity contribution in [3.8, 4) is 34.4 Å². The molecule has 33 heavy (non-hydrogen) atoms. The standard InChI is InChI=1S/C28H38N2O3/c1-3-5-7-9-10-12-22-32-26-19-15-24(16-20-26)28-30-29-27(33-28)23-13-17-25(18-14-23)31-21-11-8-6-4-2/h13-20H,3-12,21-22H2,1-2H3. The topological polar surface area (TPSA) is 57.4 Å². The number of hydrogen-bond donors (Lipinski definition) is 0. The highest BCUT2D eigenvalue weighted by molar-refractivity contribution is 5.59. The average Bonchev–Trinajstić information content (AvgIpc) is 3.34. The Kier molecular flexibility index (Phi) is 10.8. The Morgan fingerprint density at radius 3 is 1.39 bits per heavy atom. The first-order valence-electron chi connectivity index (χ1n) is 12.6. The fourth-order valence-corrected chi connectivity index (χ4v) is 3.64. The second-order valence-electron chi connectivity index (χ2n) is 8.49. The average molecular weight is 451 g/mol. The van der Waals surface area contributed by atoms with Gasteiger partial charge in [-0.25, -0.2) is 0 Å². The van der Waals surface area contributed by atoms with Gasteiger partial charge < -0.3 is 13.9 Å². The monoisotopic (exact) mass is 450 g/mol. The molecule has 5 heteroatoms. The molecule has 1 aromatic heterocycles. The highest BCUT2D eigenvalue weighted by atomic mass is 16.5. The lowest BCUT2D eigenvalue weighted by Gasteiger charge is -2.06. The van der Waals surface area contributed by atoms with E-state index in [0.29, 0.717) is 11.8 Å². The summed E-state index contributed by atoms with van der Waals surface area (Å²) in [7, 11) is 0. The van der Waals surface area contributed by atoms with Crippen LogP contribution in [-0.4, -0.2) is 23.4 Å². The molecule has 0 aliphatic rings. The molecule has 0 spiro atoms. The lowest BCUT2D eigenvalue weighted by atomic mass is 10.1. The quantitative estimate of drug-likeness (QED) is 0.206. The van der Waals surface area contributed by atoms with Gasteiger partial charge in [0.15, 0.2) is 0 Å². The number of aromatic nitrogens is 2. The van der Waals surface area contributed by atoms with Gasteiger partial charge in [0.25, 0.3) is 0 Å². The van der Waals surface area contributed by atoms with E-state index in [1.165, 1.54) is 51.4 Å². The lowest BCUT2D eigenvalue weighted by molar-refractivity contribution is 0.304. The summed E-state index contributed by atoms with van der Waals surface area (Å²) in [5.74, 6) is 2.75. The number of rotatable bonds is 16. The first-order valence-corrected chi connectivity index (χ1v) is 12.6. The van der Waals surface area contributed by atoms with Crippen molar-refractivity contribution in [2.75, 3.05) is 13.2 Å². The van der Waals surface area contributed by atoms with E-state index < -0.39 is 0 Å². The zero-order valence-corrected chi connectivity index (χ0v) is 20.2. The van der Waals surface area contributed by atoms with Crippen LogP contribution in [0, 0.1) is 0 Å². The van der Waals surface area contributed by atoms with Gasteiger partial charge in [0.2, 0.25) is 11.8 Å². The van der Waals surface area contributed by atoms with Crippen LogP contribution in [0.2, 0.25) is 0 Å². The summed E-state index contributed by atoms with van der Waals surface area (Å²) < 4.78 is 17.6. The van der Waals surface area contributed by atoms with Gasteiger partial charge in [-0.1, -0.05) is 65.2 Å². The molecular weight excluding hydrogens is 412 g/mol. The Morgan fingerprint density at radius 2 is 0.939 bits per heavy atom. The SMILES string of the molecule is CCCCCCCCOc1ccc(-c2nnc(-c3ccc(OCCCCCC)cc3)o2)cc1. The molecule has 3 aromatic rings. The minimum Gasteiger partial charge on any atom is -0.494 e. The van der Waals surface area contributed by atoms with Crippen LogP contribution < -0.4 is 9.47 Å². The third-order valence-corrected chi connectivity index (χ3v) is 5.66. The van der Waals surface area contributed by atoms with Crippen molar-refractivity contribution in [1.82, 2.24) is 10.2 Å². The maximum absolute atomic E-state index is 5.90. The van der Waals surface area contributed by atoms with E-state index in [2.05, 4.69) is 24.0 Å². The Labute approximate surface area is 198 Å². The Hall–Kier alpha value is -2.82. The molecule has 0 aliphatic carbocycles. The van der Waals surface area contributed by atoms with Gasteiger partial charge in [0.05, 0.1) is 13.2 Å².